The topological polar surface area (TPSA) is 55.8 Å². The predicted octanol–water partition coefficient (Wildman–Crippen LogP) is 1.51. The highest BCUT2D eigenvalue weighted by Gasteiger charge is 2.21. The summed E-state index contributed by atoms with van der Waals surface area (Å²) >= 11 is 0. The van der Waals surface area contributed by atoms with Crippen LogP contribution in [0.5, 0.6) is 11.5 Å². The van der Waals surface area contributed by atoms with Crippen LogP contribution in [0.1, 0.15) is 23.2 Å². The maximum atomic E-state index is 11.4. The lowest BCUT2D eigenvalue weighted by Crippen LogP contribution is -2.21. The molecule has 1 heterocycles. The van der Waals surface area contributed by atoms with Gasteiger partial charge in [-0.25, -0.2) is 0 Å². The summed E-state index contributed by atoms with van der Waals surface area (Å²) in [4.78, 5) is 24.3. The third-order valence-electron chi connectivity index (χ3n) is 2.91. The van der Waals surface area contributed by atoms with Gasteiger partial charge in [0.05, 0.1) is 12.2 Å². The van der Waals surface area contributed by atoms with E-state index < -0.39 is 0 Å². The fraction of sp³-hybridized carbons (Fsp3) is 0.429. The van der Waals surface area contributed by atoms with E-state index in [1.165, 1.54) is 0 Å². The number of carbonyl (C=O) groups is 2. The maximum absolute atomic E-state index is 11.4. The van der Waals surface area contributed by atoms with Crippen molar-refractivity contribution in [3.63, 3.8) is 0 Å². The van der Waals surface area contributed by atoms with Crippen molar-refractivity contribution in [1.29, 1.82) is 0 Å². The third kappa shape index (κ3) is 3.24. The van der Waals surface area contributed by atoms with Gasteiger partial charge in [-0.2, -0.15) is 0 Å². The highest BCUT2D eigenvalue weighted by Crippen LogP contribution is 2.29. The van der Waals surface area contributed by atoms with Gasteiger partial charge in [-0.1, -0.05) is 0 Å². The van der Waals surface area contributed by atoms with Crippen molar-refractivity contribution in [1.82, 2.24) is 4.90 Å². The van der Waals surface area contributed by atoms with Crippen LogP contribution in [0.3, 0.4) is 0 Å². The molecule has 5 heteroatoms. The number of nitrogens with zero attached hydrogens (tertiary/aromatic N) is 1. The van der Waals surface area contributed by atoms with Gasteiger partial charge in [0.25, 0.3) is 0 Å². The van der Waals surface area contributed by atoms with Gasteiger partial charge in [-0.15, -0.1) is 0 Å². The minimum atomic E-state index is -0.00173. The second-order valence-corrected chi connectivity index (χ2v) is 4.61. The second kappa shape index (κ2) is 5.73. The fourth-order valence-corrected chi connectivity index (χ4v) is 1.80. The Kier molecular flexibility index (Phi) is 4.04. The molecule has 0 N–H and O–H groups in total. The third-order valence-corrected chi connectivity index (χ3v) is 2.91. The van der Waals surface area contributed by atoms with Crippen LogP contribution in [0.2, 0.25) is 0 Å². The lowest BCUT2D eigenvalue weighted by molar-refractivity contribution is -0.128. The molecule has 2 rings (SSSR count). The van der Waals surface area contributed by atoms with Crippen molar-refractivity contribution in [3.05, 3.63) is 23.8 Å². The summed E-state index contributed by atoms with van der Waals surface area (Å²) in [6.45, 7) is 0.572. The molecule has 0 bridgehead atoms. The zero-order valence-corrected chi connectivity index (χ0v) is 11.1. The van der Waals surface area contributed by atoms with Gasteiger partial charge in [0.1, 0.15) is 11.5 Å². The first-order chi connectivity index (χ1) is 9.08. The van der Waals surface area contributed by atoms with E-state index in [2.05, 4.69) is 0 Å². The molecule has 0 saturated heterocycles. The van der Waals surface area contributed by atoms with Crippen LogP contribution >= 0.6 is 0 Å². The normalized spacial score (nSPS) is 12.8. The fourth-order valence-electron chi connectivity index (χ4n) is 1.80. The smallest absolute Gasteiger partial charge is 0.222 e. The molecule has 0 fully saturated rings. The summed E-state index contributed by atoms with van der Waals surface area (Å²) in [6, 6.07) is 5.18. The number of ketones is 1. The maximum Gasteiger partial charge on any atom is 0.222 e. The minimum absolute atomic E-state index is 0.00173. The minimum Gasteiger partial charge on any atom is -0.493 e. The number of carbonyl (C=O) groups excluding carboxylic acids is 2. The number of hydrogen-bond acceptors (Lipinski definition) is 4. The van der Waals surface area contributed by atoms with E-state index in [9.17, 15) is 9.59 Å². The lowest BCUT2D eigenvalue weighted by atomic mass is 10.1. The molecule has 0 atom stereocenters. The molecule has 0 spiro atoms. The number of rotatable bonds is 5. The first kappa shape index (κ1) is 13.4. The van der Waals surface area contributed by atoms with Crippen LogP contribution in [0.4, 0.5) is 0 Å². The summed E-state index contributed by atoms with van der Waals surface area (Å²) in [7, 11) is 3.47. The van der Waals surface area contributed by atoms with E-state index in [0.717, 1.165) is 0 Å². The quantitative estimate of drug-likeness (QED) is 0.756. The van der Waals surface area contributed by atoms with Crippen LogP contribution in [-0.2, 0) is 4.79 Å². The van der Waals surface area contributed by atoms with E-state index in [1.807, 2.05) is 0 Å². The molecule has 1 aromatic carbocycles. The lowest BCUT2D eigenvalue weighted by Gasteiger charge is -2.10. The van der Waals surface area contributed by atoms with E-state index in [0.29, 0.717) is 36.5 Å². The Balaban J connectivity index is 1.81. The van der Waals surface area contributed by atoms with E-state index in [4.69, 9.17) is 9.47 Å². The standard InChI is InChI=1S/C14H17NO4/c1-15(2)14(17)4-3-7-18-10-5-6-11-12(16)9-19-13(11)8-10/h5-6,8H,3-4,7,9H2,1-2H3. The van der Waals surface area contributed by atoms with Crippen LogP contribution < -0.4 is 9.47 Å². The summed E-state index contributed by atoms with van der Waals surface area (Å²) in [5.74, 6) is 1.32. The zero-order chi connectivity index (χ0) is 13.8. The number of ether oxygens (including phenoxy) is 2. The molecule has 0 saturated carbocycles. The molecular formula is C14H17NO4. The molecule has 5 nitrogen and oxygen atoms in total. The van der Waals surface area contributed by atoms with Crippen LogP contribution in [0, 0.1) is 0 Å². The molecular weight excluding hydrogens is 246 g/mol. The van der Waals surface area contributed by atoms with Gasteiger partial charge in [-0.05, 0) is 18.6 Å². The largest absolute Gasteiger partial charge is 0.493 e. The van der Waals surface area contributed by atoms with Crippen molar-refractivity contribution in [2.45, 2.75) is 12.8 Å². The second-order valence-electron chi connectivity index (χ2n) is 4.61. The summed E-state index contributed by atoms with van der Waals surface area (Å²) in [5.41, 5.74) is 0.607. The molecule has 19 heavy (non-hydrogen) atoms. The Morgan fingerprint density at radius 2 is 2.21 bits per heavy atom. The average molecular weight is 263 g/mol. The Morgan fingerprint density at radius 1 is 1.42 bits per heavy atom. The van der Waals surface area contributed by atoms with Crippen LogP contribution in [0.15, 0.2) is 18.2 Å². The molecule has 1 aliphatic heterocycles. The monoisotopic (exact) mass is 263 g/mol. The summed E-state index contributed by atoms with van der Waals surface area (Å²) in [6.07, 6.45) is 1.13. The number of Topliss-reactive ketones (excluding diaryl/α,β-unsaturated/α-hetero) is 1. The molecule has 1 aliphatic rings. The first-order valence-electron chi connectivity index (χ1n) is 6.21. The summed E-state index contributed by atoms with van der Waals surface area (Å²) in [5, 5.41) is 0. The Morgan fingerprint density at radius 3 is 2.95 bits per heavy atom. The summed E-state index contributed by atoms with van der Waals surface area (Å²) < 4.78 is 10.8. The number of benzene rings is 1. The SMILES string of the molecule is CN(C)C(=O)CCCOc1ccc2c(c1)OCC2=O. The van der Waals surface area contributed by atoms with Gasteiger partial charge in [0, 0.05) is 26.6 Å². The zero-order valence-electron chi connectivity index (χ0n) is 11.1. The average Bonchev–Trinajstić information content (AvgIpc) is 2.75. The number of amides is 1. The van der Waals surface area contributed by atoms with E-state index in [-0.39, 0.29) is 18.3 Å². The van der Waals surface area contributed by atoms with Gasteiger partial charge in [-0.3, -0.25) is 9.59 Å². The number of hydrogen-bond donors (Lipinski definition) is 0. The first-order valence-corrected chi connectivity index (χ1v) is 6.21. The van der Waals surface area contributed by atoms with Gasteiger partial charge < -0.3 is 14.4 Å². The molecule has 1 amide bonds. The predicted molar refractivity (Wildman–Crippen MR) is 69.7 cm³/mol. The molecule has 0 aliphatic carbocycles. The Bertz CT molecular complexity index is 496. The van der Waals surface area contributed by atoms with Crippen molar-refractivity contribution in [2.24, 2.45) is 0 Å². The van der Waals surface area contributed by atoms with E-state index in [1.54, 1.807) is 37.2 Å². The van der Waals surface area contributed by atoms with E-state index >= 15 is 0 Å². The highest BCUT2D eigenvalue weighted by atomic mass is 16.5. The Hall–Kier alpha value is -2.04. The van der Waals surface area contributed by atoms with Gasteiger partial charge >= 0.3 is 0 Å². The van der Waals surface area contributed by atoms with Crippen molar-refractivity contribution in [3.8, 4) is 11.5 Å². The molecule has 0 aromatic heterocycles. The van der Waals surface area contributed by atoms with Gasteiger partial charge in [0.2, 0.25) is 11.7 Å². The van der Waals surface area contributed by atoms with Gasteiger partial charge in [0.15, 0.2) is 6.61 Å². The van der Waals surface area contributed by atoms with Crippen molar-refractivity contribution < 1.29 is 19.1 Å². The molecule has 102 valence electrons. The number of fused-ring (bicyclic) bond motifs is 1. The highest BCUT2D eigenvalue weighted by molar-refractivity contribution is 6.02. The van der Waals surface area contributed by atoms with Crippen LogP contribution in [-0.4, -0.2) is 43.9 Å². The molecule has 0 unspecified atom stereocenters. The van der Waals surface area contributed by atoms with Crippen LogP contribution in [0.25, 0.3) is 0 Å². The van der Waals surface area contributed by atoms with Crippen molar-refractivity contribution in [2.75, 3.05) is 27.3 Å². The Labute approximate surface area is 112 Å². The molecule has 0 radical (unpaired) electrons. The molecule has 1 aromatic rings. The van der Waals surface area contributed by atoms with Crippen molar-refractivity contribution >= 4 is 11.7 Å².